The summed E-state index contributed by atoms with van der Waals surface area (Å²) in [6.45, 7) is 0. The molecule has 0 saturated carbocycles. The first-order valence-corrected chi connectivity index (χ1v) is 5.43. The van der Waals surface area contributed by atoms with E-state index in [0.717, 1.165) is 11.1 Å². The van der Waals surface area contributed by atoms with Crippen LogP contribution in [0.5, 0.6) is 0 Å². The standard InChI is InChI=1S/C14H9N3O/c15-8-9-1-3-10(4-2-9)14-17-12-6-5-11(16)7-13(12)18-14/h1-7H,16H2. The normalized spacial score (nSPS) is 10.4. The lowest BCUT2D eigenvalue weighted by Gasteiger charge is -1.94. The van der Waals surface area contributed by atoms with Crippen LogP contribution in [0.3, 0.4) is 0 Å². The Morgan fingerprint density at radius 3 is 2.61 bits per heavy atom. The molecule has 0 spiro atoms. The predicted octanol–water partition coefficient (Wildman–Crippen LogP) is 2.95. The molecule has 0 fully saturated rings. The maximum Gasteiger partial charge on any atom is 0.227 e. The van der Waals surface area contributed by atoms with Gasteiger partial charge in [-0.1, -0.05) is 0 Å². The zero-order valence-corrected chi connectivity index (χ0v) is 9.42. The molecule has 0 bridgehead atoms. The maximum absolute atomic E-state index is 8.74. The fourth-order valence-corrected chi connectivity index (χ4v) is 1.75. The van der Waals surface area contributed by atoms with Gasteiger partial charge in [0, 0.05) is 17.3 Å². The van der Waals surface area contributed by atoms with Gasteiger partial charge in [-0.25, -0.2) is 4.98 Å². The lowest BCUT2D eigenvalue weighted by molar-refractivity contribution is 0.620. The lowest BCUT2D eigenvalue weighted by Crippen LogP contribution is -1.81. The molecular formula is C14H9N3O. The minimum atomic E-state index is 0.528. The van der Waals surface area contributed by atoms with Gasteiger partial charge in [-0.3, -0.25) is 0 Å². The molecule has 2 N–H and O–H groups in total. The zero-order valence-electron chi connectivity index (χ0n) is 9.42. The molecule has 18 heavy (non-hydrogen) atoms. The Balaban J connectivity index is 2.10. The molecule has 0 aliphatic heterocycles. The number of nitrogen functional groups attached to an aromatic ring is 1. The molecule has 3 aromatic rings. The number of hydrogen-bond donors (Lipinski definition) is 1. The van der Waals surface area contributed by atoms with Crippen LogP contribution in [-0.2, 0) is 0 Å². The molecule has 1 heterocycles. The highest BCUT2D eigenvalue weighted by Gasteiger charge is 2.08. The second kappa shape index (κ2) is 3.90. The van der Waals surface area contributed by atoms with E-state index >= 15 is 0 Å². The van der Waals surface area contributed by atoms with Crippen molar-refractivity contribution in [2.24, 2.45) is 0 Å². The Morgan fingerprint density at radius 2 is 1.89 bits per heavy atom. The van der Waals surface area contributed by atoms with Gasteiger partial charge in [0.05, 0.1) is 11.6 Å². The summed E-state index contributed by atoms with van der Waals surface area (Å²) in [4.78, 5) is 4.37. The number of nitriles is 1. The monoisotopic (exact) mass is 235 g/mol. The number of aromatic nitrogens is 1. The minimum Gasteiger partial charge on any atom is -0.436 e. The number of anilines is 1. The molecule has 0 saturated heterocycles. The summed E-state index contributed by atoms with van der Waals surface area (Å²) in [7, 11) is 0. The van der Waals surface area contributed by atoms with Crippen LogP contribution in [0.25, 0.3) is 22.6 Å². The molecular weight excluding hydrogens is 226 g/mol. The molecule has 0 aliphatic carbocycles. The van der Waals surface area contributed by atoms with Crippen LogP contribution in [0.2, 0.25) is 0 Å². The highest BCUT2D eigenvalue weighted by atomic mass is 16.3. The van der Waals surface area contributed by atoms with Gasteiger partial charge in [0.1, 0.15) is 5.52 Å². The van der Waals surface area contributed by atoms with Gasteiger partial charge < -0.3 is 10.2 Å². The van der Waals surface area contributed by atoms with Gasteiger partial charge in [0.2, 0.25) is 5.89 Å². The van der Waals surface area contributed by atoms with Crippen molar-refractivity contribution in [3.05, 3.63) is 48.0 Å². The first-order chi connectivity index (χ1) is 8.76. The third kappa shape index (κ3) is 1.68. The highest BCUT2D eigenvalue weighted by Crippen LogP contribution is 2.25. The van der Waals surface area contributed by atoms with Crippen molar-refractivity contribution >= 4 is 16.8 Å². The van der Waals surface area contributed by atoms with Crippen LogP contribution in [0, 0.1) is 11.3 Å². The number of rotatable bonds is 1. The maximum atomic E-state index is 8.74. The van der Waals surface area contributed by atoms with E-state index < -0.39 is 0 Å². The van der Waals surface area contributed by atoms with Gasteiger partial charge in [-0.15, -0.1) is 0 Å². The summed E-state index contributed by atoms with van der Waals surface area (Å²) in [6, 6.07) is 14.5. The third-order valence-corrected chi connectivity index (χ3v) is 2.67. The Labute approximate surface area is 103 Å². The molecule has 86 valence electrons. The minimum absolute atomic E-state index is 0.528. The van der Waals surface area contributed by atoms with Crippen LogP contribution in [0.15, 0.2) is 46.9 Å². The number of nitrogens with two attached hydrogens (primary N) is 1. The molecule has 4 heteroatoms. The third-order valence-electron chi connectivity index (χ3n) is 2.67. The second-order valence-corrected chi connectivity index (χ2v) is 3.94. The Morgan fingerprint density at radius 1 is 1.11 bits per heavy atom. The van der Waals surface area contributed by atoms with E-state index in [1.165, 1.54) is 0 Å². The van der Waals surface area contributed by atoms with Crippen LogP contribution >= 0.6 is 0 Å². The van der Waals surface area contributed by atoms with Crippen LogP contribution in [0.1, 0.15) is 5.56 Å². The quantitative estimate of drug-likeness (QED) is 0.658. The molecule has 1 aromatic heterocycles. The number of benzene rings is 2. The van der Waals surface area contributed by atoms with Crippen molar-refractivity contribution in [2.45, 2.75) is 0 Å². The van der Waals surface area contributed by atoms with E-state index in [-0.39, 0.29) is 0 Å². The largest absolute Gasteiger partial charge is 0.436 e. The summed E-state index contributed by atoms with van der Waals surface area (Å²) in [5.74, 6) is 0.528. The van der Waals surface area contributed by atoms with Crippen molar-refractivity contribution in [2.75, 3.05) is 5.73 Å². The number of oxazole rings is 1. The molecule has 4 nitrogen and oxygen atoms in total. The first-order valence-electron chi connectivity index (χ1n) is 5.43. The summed E-state index contributed by atoms with van der Waals surface area (Å²) in [5.41, 5.74) is 9.21. The van der Waals surface area contributed by atoms with Gasteiger partial charge in [0.25, 0.3) is 0 Å². The number of nitrogens with zero attached hydrogens (tertiary/aromatic N) is 2. The number of fused-ring (bicyclic) bond motifs is 1. The Kier molecular flexibility index (Phi) is 2.24. The smallest absolute Gasteiger partial charge is 0.227 e. The van der Waals surface area contributed by atoms with E-state index in [0.29, 0.717) is 22.7 Å². The van der Waals surface area contributed by atoms with Crippen LogP contribution in [0.4, 0.5) is 5.69 Å². The van der Waals surface area contributed by atoms with Gasteiger partial charge in [0.15, 0.2) is 5.58 Å². The summed E-state index contributed by atoms with van der Waals surface area (Å²) < 4.78 is 5.63. The van der Waals surface area contributed by atoms with Crippen molar-refractivity contribution in [3.8, 4) is 17.5 Å². The first kappa shape index (κ1) is 10.4. The van der Waals surface area contributed by atoms with Crippen LogP contribution in [-0.4, -0.2) is 4.98 Å². The molecule has 0 atom stereocenters. The van der Waals surface area contributed by atoms with Gasteiger partial charge in [-0.2, -0.15) is 5.26 Å². The average molecular weight is 235 g/mol. The molecule has 0 aliphatic rings. The molecule has 0 unspecified atom stereocenters. The van der Waals surface area contributed by atoms with Crippen LogP contribution < -0.4 is 5.73 Å². The molecule has 3 rings (SSSR count). The Bertz CT molecular complexity index is 751. The summed E-state index contributed by atoms with van der Waals surface area (Å²) >= 11 is 0. The zero-order chi connectivity index (χ0) is 12.5. The average Bonchev–Trinajstić information content (AvgIpc) is 2.81. The Hall–Kier alpha value is -2.80. The molecule has 0 radical (unpaired) electrons. The fourth-order valence-electron chi connectivity index (χ4n) is 1.75. The van der Waals surface area contributed by atoms with E-state index in [9.17, 15) is 0 Å². The second-order valence-electron chi connectivity index (χ2n) is 3.94. The molecule has 2 aromatic carbocycles. The van der Waals surface area contributed by atoms with Crippen molar-refractivity contribution in [1.82, 2.24) is 4.98 Å². The highest BCUT2D eigenvalue weighted by molar-refractivity contribution is 5.79. The van der Waals surface area contributed by atoms with Gasteiger partial charge >= 0.3 is 0 Å². The number of hydrogen-bond acceptors (Lipinski definition) is 4. The van der Waals surface area contributed by atoms with Gasteiger partial charge in [-0.05, 0) is 36.4 Å². The summed E-state index contributed by atoms with van der Waals surface area (Å²) in [5, 5.41) is 8.74. The molecule has 0 amide bonds. The SMILES string of the molecule is N#Cc1ccc(-c2nc3ccc(N)cc3o2)cc1. The van der Waals surface area contributed by atoms with E-state index in [2.05, 4.69) is 11.1 Å². The predicted molar refractivity (Wildman–Crippen MR) is 68.6 cm³/mol. The van der Waals surface area contributed by atoms with Crippen molar-refractivity contribution in [1.29, 1.82) is 5.26 Å². The topological polar surface area (TPSA) is 75.8 Å². The van der Waals surface area contributed by atoms with Crippen molar-refractivity contribution in [3.63, 3.8) is 0 Å². The fraction of sp³-hybridized carbons (Fsp3) is 0. The van der Waals surface area contributed by atoms with E-state index in [1.807, 2.05) is 18.2 Å². The van der Waals surface area contributed by atoms with E-state index in [4.69, 9.17) is 15.4 Å². The van der Waals surface area contributed by atoms with E-state index in [1.54, 1.807) is 24.3 Å². The summed E-state index contributed by atoms with van der Waals surface area (Å²) in [6.07, 6.45) is 0. The lowest BCUT2D eigenvalue weighted by atomic mass is 10.1. The van der Waals surface area contributed by atoms with Crippen molar-refractivity contribution < 1.29 is 4.42 Å².